The molecule has 2 heterocycles. The van der Waals surface area contributed by atoms with Crippen LogP contribution < -0.4 is 0 Å². The first-order chi connectivity index (χ1) is 16.5. The van der Waals surface area contributed by atoms with Gasteiger partial charge in [-0.15, -0.1) is 5.54 Å². The Kier molecular flexibility index (Phi) is 6.94. The van der Waals surface area contributed by atoms with E-state index >= 15 is 0 Å². The van der Waals surface area contributed by atoms with Gasteiger partial charge in [0.05, 0.1) is 5.92 Å². The number of hydrogen-bond acceptors (Lipinski definition) is 1. The Balaban J connectivity index is 1.61. The highest BCUT2D eigenvalue weighted by Gasteiger charge is 2.22. The average Bonchev–Trinajstić information content (AvgIpc) is 3.50. The van der Waals surface area contributed by atoms with E-state index in [1.165, 1.54) is 11.1 Å². The molecule has 2 atom stereocenters. The number of aliphatic hydroxyl groups excluding tert-OH is 1. The molecule has 4 aromatic rings. The lowest BCUT2D eigenvalue weighted by Gasteiger charge is -2.21. The first kappa shape index (κ1) is 24.8. The molecule has 0 aliphatic heterocycles. The third-order valence-corrected chi connectivity index (χ3v) is 7.06. The van der Waals surface area contributed by atoms with Crippen molar-refractivity contribution >= 4 is 8.07 Å². The summed E-state index contributed by atoms with van der Waals surface area (Å²) in [5.74, 6) is 3.30. The van der Waals surface area contributed by atoms with Crippen molar-refractivity contribution in [2.24, 2.45) is 0 Å². The first-order valence-electron chi connectivity index (χ1n) is 12.2. The standard InChI is InChI=1S/C31H36N2OSi/c1-31(2,3)25-15-13-23(14-16-25)29(26-8-7-20-32-26)27-17-18-28(33-27)30(34)24-11-9-22(10-12-24)19-21-35(4,5)6/h7-18,20,29-30,32-34H,1-6H3. The van der Waals surface area contributed by atoms with Gasteiger partial charge >= 0.3 is 0 Å². The van der Waals surface area contributed by atoms with Gasteiger partial charge in [-0.3, -0.25) is 0 Å². The van der Waals surface area contributed by atoms with Crippen LogP contribution in [0, 0.1) is 11.5 Å². The van der Waals surface area contributed by atoms with Crippen LogP contribution in [0.3, 0.4) is 0 Å². The van der Waals surface area contributed by atoms with Crippen LogP contribution in [0.5, 0.6) is 0 Å². The maximum absolute atomic E-state index is 11.1. The fourth-order valence-electron chi connectivity index (χ4n) is 4.17. The second kappa shape index (κ2) is 9.77. The van der Waals surface area contributed by atoms with Crippen LogP contribution in [0.2, 0.25) is 19.6 Å². The summed E-state index contributed by atoms with van der Waals surface area (Å²) in [5, 5.41) is 11.1. The highest BCUT2D eigenvalue weighted by Crippen LogP contribution is 2.33. The van der Waals surface area contributed by atoms with Crippen LogP contribution in [-0.4, -0.2) is 23.1 Å². The van der Waals surface area contributed by atoms with E-state index in [-0.39, 0.29) is 11.3 Å². The van der Waals surface area contributed by atoms with Gasteiger partial charge < -0.3 is 15.1 Å². The monoisotopic (exact) mass is 480 g/mol. The maximum atomic E-state index is 11.1. The Morgan fingerprint density at radius 2 is 1.40 bits per heavy atom. The summed E-state index contributed by atoms with van der Waals surface area (Å²) in [5.41, 5.74) is 10.8. The molecular weight excluding hydrogens is 444 g/mol. The predicted molar refractivity (Wildman–Crippen MR) is 148 cm³/mol. The largest absolute Gasteiger partial charge is 0.382 e. The van der Waals surface area contributed by atoms with Gasteiger partial charge in [0.2, 0.25) is 0 Å². The number of hydrogen-bond donors (Lipinski definition) is 3. The Bertz CT molecular complexity index is 1310. The van der Waals surface area contributed by atoms with Crippen molar-refractivity contribution < 1.29 is 5.11 Å². The number of rotatable bonds is 5. The summed E-state index contributed by atoms with van der Waals surface area (Å²) in [6.45, 7) is 13.4. The van der Waals surface area contributed by atoms with Crippen molar-refractivity contribution in [1.82, 2.24) is 9.97 Å². The van der Waals surface area contributed by atoms with Crippen LogP contribution in [0.15, 0.2) is 79.0 Å². The molecule has 3 nitrogen and oxygen atoms in total. The van der Waals surface area contributed by atoms with Crippen molar-refractivity contribution in [3.05, 3.63) is 118 Å². The topological polar surface area (TPSA) is 51.8 Å². The fraction of sp³-hybridized carbons (Fsp3) is 0.290. The summed E-state index contributed by atoms with van der Waals surface area (Å²) < 4.78 is 0. The highest BCUT2D eigenvalue weighted by molar-refractivity contribution is 6.83. The molecule has 0 amide bonds. The van der Waals surface area contributed by atoms with Crippen LogP contribution in [0.25, 0.3) is 0 Å². The van der Waals surface area contributed by atoms with Crippen LogP contribution in [-0.2, 0) is 5.41 Å². The minimum atomic E-state index is -1.42. The molecule has 0 radical (unpaired) electrons. The number of benzene rings is 2. The van der Waals surface area contributed by atoms with E-state index in [4.69, 9.17) is 0 Å². The van der Waals surface area contributed by atoms with E-state index in [1.807, 2.05) is 42.6 Å². The number of H-pyrrole nitrogens is 2. The van der Waals surface area contributed by atoms with Crippen molar-refractivity contribution in [2.75, 3.05) is 0 Å². The average molecular weight is 481 g/mol. The molecule has 4 rings (SSSR count). The van der Waals surface area contributed by atoms with Crippen molar-refractivity contribution in [3.63, 3.8) is 0 Å². The summed E-state index contributed by atoms with van der Waals surface area (Å²) >= 11 is 0. The van der Waals surface area contributed by atoms with E-state index in [9.17, 15) is 5.11 Å². The van der Waals surface area contributed by atoms with E-state index in [0.717, 1.165) is 28.2 Å². The van der Waals surface area contributed by atoms with Crippen molar-refractivity contribution in [2.45, 2.75) is 57.8 Å². The van der Waals surface area contributed by atoms with Gasteiger partial charge in [-0.1, -0.05) is 82.7 Å². The van der Waals surface area contributed by atoms with Crippen LogP contribution in [0.1, 0.15) is 72.1 Å². The van der Waals surface area contributed by atoms with Gasteiger partial charge in [0.1, 0.15) is 14.2 Å². The first-order valence-corrected chi connectivity index (χ1v) is 15.7. The zero-order valence-corrected chi connectivity index (χ0v) is 22.6. The molecule has 0 aliphatic rings. The van der Waals surface area contributed by atoms with E-state index in [2.05, 4.69) is 98.2 Å². The Morgan fingerprint density at radius 3 is 1.97 bits per heavy atom. The lowest BCUT2D eigenvalue weighted by atomic mass is 9.84. The van der Waals surface area contributed by atoms with Gasteiger partial charge in [-0.05, 0) is 58.5 Å². The van der Waals surface area contributed by atoms with Crippen LogP contribution >= 0.6 is 0 Å². The summed E-state index contributed by atoms with van der Waals surface area (Å²) in [7, 11) is -1.42. The third kappa shape index (κ3) is 6.06. The molecule has 4 heteroatoms. The number of aromatic nitrogens is 2. The molecule has 0 spiro atoms. The third-order valence-electron chi connectivity index (χ3n) is 6.19. The Morgan fingerprint density at radius 1 is 0.771 bits per heavy atom. The Labute approximate surface area is 210 Å². The smallest absolute Gasteiger partial charge is 0.129 e. The molecule has 35 heavy (non-hydrogen) atoms. The zero-order valence-electron chi connectivity index (χ0n) is 21.6. The highest BCUT2D eigenvalue weighted by atomic mass is 28.3. The van der Waals surface area contributed by atoms with Crippen molar-refractivity contribution in [1.29, 1.82) is 0 Å². The summed E-state index contributed by atoms with van der Waals surface area (Å²) in [4.78, 5) is 6.90. The lowest BCUT2D eigenvalue weighted by molar-refractivity contribution is 0.216. The fourth-order valence-corrected chi connectivity index (χ4v) is 4.69. The molecule has 0 aliphatic carbocycles. The van der Waals surface area contributed by atoms with E-state index in [0.29, 0.717) is 0 Å². The maximum Gasteiger partial charge on any atom is 0.129 e. The molecule has 2 unspecified atom stereocenters. The van der Waals surface area contributed by atoms with Gasteiger partial charge in [0, 0.05) is 28.8 Å². The quantitative estimate of drug-likeness (QED) is 0.206. The second-order valence-electron chi connectivity index (χ2n) is 11.3. The zero-order chi connectivity index (χ0) is 25.2. The molecular formula is C31H36N2OSi. The molecule has 180 valence electrons. The minimum Gasteiger partial charge on any atom is -0.382 e. The predicted octanol–water partition coefficient (Wildman–Crippen LogP) is 7.13. The lowest BCUT2D eigenvalue weighted by Crippen LogP contribution is -2.16. The number of nitrogens with one attached hydrogen (secondary N) is 2. The minimum absolute atomic E-state index is 0.0270. The molecule has 2 aromatic heterocycles. The van der Waals surface area contributed by atoms with Gasteiger partial charge in [-0.25, -0.2) is 0 Å². The van der Waals surface area contributed by atoms with Crippen LogP contribution in [0.4, 0.5) is 0 Å². The normalized spacial score (nSPS) is 13.7. The van der Waals surface area contributed by atoms with E-state index in [1.54, 1.807) is 0 Å². The number of aliphatic hydroxyl groups is 1. The molecule has 0 bridgehead atoms. The van der Waals surface area contributed by atoms with E-state index < -0.39 is 14.2 Å². The Hall–Kier alpha value is -3.26. The molecule has 0 saturated heterocycles. The molecule has 0 fully saturated rings. The molecule has 0 saturated carbocycles. The summed E-state index contributed by atoms with van der Waals surface area (Å²) in [6, 6.07) is 25.0. The number of aromatic amines is 2. The molecule has 2 aromatic carbocycles. The summed E-state index contributed by atoms with van der Waals surface area (Å²) in [6.07, 6.45) is 1.23. The molecule has 3 N–H and O–H groups in total. The van der Waals surface area contributed by atoms with Gasteiger partial charge in [0.15, 0.2) is 0 Å². The SMILES string of the molecule is CC(C)(C)c1ccc(C(c2ccc[nH]2)c2ccc(C(O)c3ccc(C#C[Si](C)(C)C)cc3)[nH]2)cc1. The second-order valence-corrected chi connectivity index (χ2v) is 16.1. The van der Waals surface area contributed by atoms with Crippen molar-refractivity contribution in [3.8, 4) is 11.5 Å². The van der Waals surface area contributed by atoms with Gasteiger partial charge in [0.25, 0.3) is 0 Å². The van der Waals surface area contributed by atoms with Gasteiger partial charge in [-0.2, -0.15) is 0 Å².